The topological polar surface area (TPSA) is 218 Å². The zero-order chi connectivity index (χ0) is 57.2. The minimum Gasteiger partial charge on any atom is -0.444 e. The van der Waals surface area contributed by atoms with Gasteiger partial charge in [0.2, 0.25) is 0 Å². The Labute approximate surface area is 459 Å². The second-order valence-electron chi connectivity index (χ2n) is 22.0. The Balaban J connectivity index is 0.000000262. The lowest BCUT2D eigenvalue weighted by molar-refractivity contribution is -0.193. The molecule has 6 aromatic rings. The summed E-state index contributed by atoms with van der Waals surface area (Å²) < 4.78 is 44.4. The minimum atomic E-state index is -3.60. The highest BCUT2D eigenvalue weighted by Crippen LogP contribution is 2.47. The van der Waals surface area contributed by atoms with Crippen LogP contribution in [0.15, 0.2) is 84.9 Å². The molecular formula is C61H78N4O12S. The Morgan fingerprint density at radius 2 is 0.974 bits per heavy atom. The van der Waals surface area contributed by atoms with Crippen LogP contribution in [0, 0.1) is 13.8 Å². The number of benzene rings is 4. The maximum Gasteiger partial charge on any atom is 0.407 e. The van der Waals surface area contributed by atoms with Crippen LogP contribution in [0.25, 0.3) is 44.3 Å². The van der Waals surface area contributed by atoms with Crippen LogP contribution in [0.4, 0.5) is 9.59 Å². The number of aryl methyl sites for hydroxylation is 2. The largest absolute Gasteiger partial charge is 0.444 e. The third kappa shape index (κ3) is 17.6. The maximum absolute atomic E-state index is 12.4. The molecule has 78 heavy (non-hydrogen) atoms. The smallest absolute Gasteiger partial charge is 0.407 e. The van der Waals surface area contributed by atoms with Crippen molar-refractivity contribution in [1.82, 2.24) is 19.8 Å². The van der Waals surface area contributed by atoms with Gasteiger partial charge in [-0.1, -0.05) is 111 Å². The fraction of sp³-hybridized carbons (Fsp3) is 0.475. The van der Waals surface area contributed by atoms with E-state index in [9.17, 15) is 23.1 Å². The van der Waals surface area contributed by atoms with E-state index in [4.69, 9.17) is 32.8 Å². The van der Waals surface area contributed by atoms with Crippen LogP contribution in [0.1, 0.15) is 151 Å². The minimum absolute atomic E-state index is 0.00298. The summed E-state index contributed by atoms with van der Waals surface area (Å²) in [5.41, 5.74) is 12.3. The van der Waals surface area contributed by atoms with Gasteiger partial charge in [-0.05, 0) is 138 Å². The van der Waals surface area contributed by atoms with Crippen LogP contribution < -0.4 is 10.6 Å². The second-order valence-corrected chi connectivity index (χ2v) is 23.6. The van der Waals surface area contributed by atoms with Gasteiger partial charge in [0.05, 0.1) is 30.9 Å². The lowest BCUT2D eigenvalue weighted by atomic mass is 9.81. The first kappa shape index (κ1) is 62.0. The van der Waals surface area contributed by atoms with Crippen LogP contribution in [-0.2, 0) is 69.3 Å². The molecule has 0 bridgehead atoms. The third-order valence-electron chi connectivity index (χ3n) is 13.7. The number of nitrogens with one attached hydrogen (secondary N) is 2. The van der Waals surface area contributed by atoms with E-state index < -0.39 is 33.5 Å². The summed E-state index contributed by atoms with van der Waals surface area (Å²) >= 11 is 0. The lowest BCUT2D eigenvalue weighted by Crippen LogP contribution is -2.34. The number of alkyl carbamates (subject to hydrolysis) is 2. The summed E-state index contributed by atoms with van der Waals surface area (Å²) in [4.78, 5) is 57.2. The molecule has 16 nitrogen and oxygen atoms in total. The van der Waals surface area contributed by atoms with Crippen LogP contribution >= 0.6 is 0 Å². The molecule has 4 aromatic carbocycles. The number of ether oxygens (including phenoxy) is 2. The SMILES string of the molecule is Cc1ccc2c(C3CCCCC3)c(-c3ccccc3CO)n(CCNC(=O)OC(C)(C)C)c2c1.Cc1ccc2c(C3CCCCC3)c(-c3ccccc3COS(C)(=O)=O)n(CCNC(=O)OC(C)(C)C)c2c1.O=C=O.O=C=O. The molecule has 2 aromatic heterocycles. The summed E-state index contributed by atoms with van der Waals surface area (Å²) in [5.74, 6) is 0.911. The van der Waals surface area contributed by atoms with E-state index in [1.54, 1.807) is 0 Å². The predicted molar refractivity (Wildman–Crippen MR) is 300 cm³/mol. The quantitative estimate of drug-likeness (QED) is 0.0868. The molecule has 2 heterocycles. The molecule has 0 atom stereocenters. The van der Waals surface area contributed by atoms with Crippen LogP contribution in [-0.4, -0.2) is 77.7 Å². The first-order valence-corrected chi connectivity index (χ1v) is 28.7. The van der Waals surface area contributed by atoms with E-state index in [0.29, 0.717) is 38.0 Å². The zero-order valence-corrected chi connectivity index (χ0v) is 47.6. The van der Waals surface area contributed by atoms with Crippen LogP contribution in [0.2, 0.25) is 0 Å². The van der Waals surface area contributed by atoms with E-state index in [0.717, 1.165) is 58.1 Å². The number of nitrogens with zero attached hydrogens (tertiary/aromatic N) is 2. The standard InChI is InChI=1S/C30H40N2O5S.C29H38N2O3.2CO2/c1-21-15-16-25-26(19-21)32(18-17-31-29(33)37-30(2,3)4)28(27(25)22-11-7-6-8-12-22)24-14-10-9-13-23(24)20-36-38(5,34)35;1-20-14-15-24-25(18-20)31(17-16-30-28(33)34-29(2,3)4)27(23-13-9-8-12-22(23)19-32)26(24)21-10-6-5-7-11-21;2*2-1-3/h9-10,13-16,19,22H,6-8,11-12,17-18,20H2,1-5H3,(H,31,33);8-9,12-15,18,21,32H,5-7,10-11,16-17,19H2,1-4H3,(H,30,33);;. The van der Waals surface area contributed by atoms with Gasteiger partial charge in [-0.25, -0.2) is 9.59 Å². The van der Waals surface area contributed by atoms with Crippen molar-refractivity contribution >= 4 is 56.4 Å². The fourth-order valence-corrected chi connectivity index (χ4v) is 11.1. The summed E-state index contributed by atoms with van der Waals surface area (Å²) in [5, 5.41) is 18.5. The Kier molecular flexibility index (Phi) is 22.8. The number of aliphatic hydroxyl groups is 1. The molecule has 2 saturated carbocycles. The van der Waals surface area contributed by atoms with Gasteiger partial charge in [0.25, 0.3) is 10.1 Å². The van der Waals surface area contributed by atoms with Gasteiger partial charge in [-0.15, -0.1) is 0 Å². The molecule has 8 rings (SSSR count). The van der Waals surface area contributed by atoms with Crippen molar-refractivity contribution in [3.63, 3.8) is 0 Å². The number of hydrogen-bond acceptors (Lipinski definition) is 12. The van der Waals surface area contributed by atoms with Crippen molar-refractivity contribution in [2.24, 2.45) is 0 Å². The summed E-state index contributed by atoms with van der Waals surface area (Å²) in [7, 11) is -3.60. The number of carbonyl (C=O) groups excluding carboxylic acids is 6. The Morgan fingerprint density at radius 3 is 1.35 bits per heavy atom. The molecule has 2 amide bonds. The molecule has 3 N–H and O–H groups in total. The summed E-state index contributed by atoms with van der Waals surface area (Å²) in [6.45, 7) is 17.4. The van der Waals surface area contributed by atoms with Gasteiger partial charge in [-0.2, -0.15) is 27.6 Å². The second kappa shape index (κ2) is 28.7. The highest BCUT2D eigenvalue weighted by molar-refractivity contribution is 7.85. The van der Waals surface area contributed by atoms with Crippen molar-refractivity contribution in [1.29, 1.82) is 0 Å². The fourth-order valence-electron chi connectivity index (χ4n) is 10.7. The van der Waals surface area contributed by atoms with Gasteiger partial charge in [0, 0.05) is 59.1 Å². The summed E-state index contributed by atoms with van der Waals surface area (Å²) in [6, 6.07) is 29.3. The van der Waals surface area contributed by atoms with E-state index in [2.05, 4.69) is 76.1 Å². The van der Waals surface area contributed by atoms with Gasteiger partial charge >= 0.3 is 24.5 Å². The van der Waals surface area contributed by atoms with Crippen molar-refractivity contribution in [2.75, 3.05) is 19.3 Å². The molecule has 2 aliphatic rings. The highest BCUT2D eigenvalue weighted by Gasteiger charge is 2.30. The molecule has 0 aliphatic heterocycles. The molecule has 420 valence electrons. The van der Waals surface area contributed by atoms with E-state index in [-0.39, 0.29) is 25.5 Å². The number of carbonyl (C=O) groups is 2. The number of hydrogen-bond donors (Lipinski definition) is 3. The normalized spacial score (nSPS) is 14.1. The zero-order valence-electron chi connectivity index (χ0n) is 46.8. The Morgan fingerprint density at radius 1 is 0.603 bits per heavy atom. The molecule has 2 fully saturated rings. The Hall–Kier alpha value is -6.87. The van der Waals surface area contributed by atoms with Crippen LogP contribution in [0.3, 0.4) is 0 Å². The van der Waals surface area contributed by atoms with Crippen molar-refractivity contribution in [2.45, 2.75) is 169 Å². The third-order valence-corrected chi connectivity index (χ3v) is 14.2. The molecule has 0 unspecified atom stereocenters. The molecule has 2 aliphatic carbocycles. The first-order chi connectivity index (χ1) is 37.0. The molecule has 17 heteroatoms. The number of amides is 2. The van der Waals surface area contributed by atoms with Gasteiger partial charge in [0.1, 0.15) is 11.2 Å². The van der Waals surface area contributed by atoms with Crippen molar-refractivity contribution in [3.05, 3.63) is 118 Å². The lowest BCUT2D eigenvalue weighted by Gasteiger charge is -2.24. The van der Waals surface area contributed by atoms with Gasteiger partial charge in [-0.3, -0.25) is 4.18 Å². The molecule has 0 spiro atoms. The van der Waals surface area contributed by atoms with Gasteiger partial charge < -0.3 is 34.3 Å². The molecular weight excluding hydrogens is 1010 g/mol. The number of rotatable bonds is 14. The molecule has 0 saturated heterocycles. The number of aliphatic hydroxyl groups excluding tert-OH is 1. The average molecular weight is 1090 g/mol. The first-order valence-electron chi connectivity index (χ1n) is 26.8. The van der Waals surface area contributed by atoms with E-state index in [1.165, 1.54) is 90.0 Å². The van der Waals surface area contributed by atoms with Crippen molar-refractivity contribution < 1.29 is 55.9 Å². The van der Waals surface area contributed by atoms with E-state index in [1.807, 2.05) is 84.0 Å². The number of aromatic nitrogens is 2. The predicted octanol–water partition coefficient (Wildman–Crippen LogP) is 12.2. The monoisotopic (exact) mass is 1090 g/mol. The summed E-state index contributed by atoms with van der Waals surface area (Å²) in [6.07, 6.45) is 12.8. The highest BCUT2D eigenvalue weighted by atomic mass is 32.2. The maximum atomic E-state index is 12.4. The molecule has 0 radical (unpaired) electrons. The van der Waals surface area contributed by atoms with Crippen LogP contribution in [0.5, 0.6) is 0 Å². The number of fused-ring (bicyclic) bond motifs is 2. The van der Waals surface area contributed by atoms with Gasteiger partial charge in [0.15, 0.2) is 0 Å². The Bertz CT molecular complexity index is 3140. The van der Waals surface area contributed by atoms with Crippen molar-refractivity contribution in [3.8, 4) is 22.5 Å². The average Bonchev–Trinajstić information content (AvgIpc) is 4.03. The van der Waals surface area contributed by atoms with E-state index >= 15 is 0 Å².